The van der Waals surface area contributed by atoms with Gasteiger partial charge in [0.2, 0.25) is 17.6 Å². The first-order valence-corrected chi connectivity index (χ1v) is 8.58. The van der Waals surface area contributed by atoms with Crippen LogP contribution in [0.3, 0.4) is 0 Å². The molecule has 0 aliphatic carbocycles. The van der Waals surface area contributed by atoms with Crippen molar-refractivity contribution in [3.8, 4) is 11.4 Å². The summed E-state index contributed by atoms with van der Waals surface area (Å²) in [6.45, 7) is 3.51. The molecule has 0 radical (unpaired) electrons. The van der Waals surface area contributed by atoms with E-state index >= 15 is 0 Å². The summed E-state index contributed by atoms with van der Waals surface area (Å²) < 4.78 is 16.0. The molecule has 1 atom stereocenters. The van der Waals surface area contributed by atoms with E-state index in [-0.39, 0.29) is 5.92 Å². The molecule has 0 spiro atoms. The second-order valence-electron chi connectivity index (χ2n) is 6.34. The first kappa shape index (κ1) is 16.0. The smallest absolute Gasteiger partial charge is 0.226 e. The van der Waals surface area contributed by atoms with Gasteiger partial charge in [-0.2, -0.15) is 9.97 Å². The summed E-state index contributed by atoms with van der Waals surface area (Å²) in [6.07, 6.45) is 3.16. The van der Waals surface area contributed by atoms with E-state index in [1.54, 1.807) is 0 Å². The molecule has 0 unspecified atom stereocenters. The van der Waals surface area contributed by atoms with Crippen molar-refractivity contribution in [2.45, 2.75) is 38.5 Å². The fourth-order valence-electron chi connectivity index (χ4n) is 2.84. The van der Waals surface area contributed by atoms with E-state index in [2.05, 4.69) is 20.3 Å². The van der Waals surface area contributed by atoms with Gasteiger partial charge in [0.05, 0.1) is 6.61 Å². The zero-order chi connectivity index (χ0) is 17.1. The maximum atomic E-state index is 5.36. The minimum absolute atomic E-state index is 0.269. The van der Waals surface area contributed by atoms with E-state index in [1.165, 1.54) is 5.56 Å². The predicted octanol–water partition coefficient (Wildman–Crippen LogP) is 3.11. The molecule has 130 valence electrons. The van der Waals surface area contributed by atoms with Crippen molar-refractivity contribution in [2.24, 2.45) is 0 Å². The van der Waals surface area contributed by atoms with Gasteiger partial charge in [-0.05, 0) is 19.8 Å². The maximum absolute atomic E-state index is 5.36. The highest BCUT2D eigenvalue weighted by Gasteiger charge is 2.23. The normalized spacial score (nSPS) is 17.2. The zero-order valence-electron chi connectivity index (χ0n) is 14.1. The summed E-state index contributed by atoms with van der Waals surface area (Å²) in [5, 5.41) is 8.10. The second-order valence-corrected chi connectivity index (χ2v) is 6.34. The van der Waals surface area contributed by atoms with Crippen LogP contribution in [-0.2, 0) is 17.6 Å². The first-order chi connectivity index (χ1) is 12.3. The van der Waals surface area contributed by atoms with Gasteiger partial charge in [-0.1, -0.05) is 40.1 Å². The Morgan fingerprint density at radius 2 is 1.76 bits per heavy atom. The van der Waals surface area contributed by atoms with Crippen LogP contribution in [-0.4, -0.2) is 33.5 Å². The predicted molar refractivity (Wildman–Crippen MR) is 89.0 cm³/mol. The van der Waals surface area contributed by atoms with Crippen LogP contribution in [0.1, 0.15) is 41.9 Å². The summed E-state index contributed by atoms with van der Waals surface area (Å²) in [4.78, 5) is 8.91. The van der Waals surface area contributed by atoms with Gasteiger partial charge in [0.25, 0.3) is 0 Å². The Morgan fingerprint density at radius 1 is 1.00 bits per heavy atom. The average molecular weight is 340 g/mol. The van der Waals surface area contributed by atoms with Crippen molar-refractivity contribution < 1.29 is 13.8 Å². The van der Waals surface area contributed by atoms with E-state index < -0.39 is 0 Å². The van der Waals surface area contributed by atoms with Gasteiger partial charge in [-0.25, -0.2) is 0 Å². The molecule has 3 heterocycles. The van der Waals surface area contributed by atoms with Crippen LogP contribution < -0.4 is 0 Å². The number of hydrogen-bond acceptors (Lipinski definition) is 7. The highest BCUT2D eigenvalue weighted by Crippen LogP contribution is 2.23. The van der Waals surface area contributed by atoms with Gasteiger partial charge in [0, 0.05) is 30.9 Å². The van der Waals surface area contributed by atoms with Gasteiger partial charge in [0.1, 0.15) is 0 Å². The quantitative estimate of drug-likeness (QED) is 0.681. The van der Waals surface area contributed by atoms with Gasteiger partial charge < -0.3 is 13.8 Å². The van der Waals surface area contributed by atoms with Crippen LogP contribution in [0.15, 0.2) is 33.3 Å². The molecule has 7 nitrogen and oxygen atoms in total. The van der Waals surface area contributed by atoms with Crippen LogP contribution in [0.25, 0.3) is 11.4 Å². The lowest BCUT2D eigenvalue weighted by Crippen LogP contribution is -2.00. The van der Waals surface area contributed by atoms with Crippen molar-refractivity contribution in [1.29, 1.82) is 0 Å². The third-order valence-electron chi connectivity index (χ3n) is 4.34. The molecular weight excluding hydrogens is 320 g/mol. The number of aromatic nitrogens is 4. The van der Waals surface area contributed by atoms with Gasteiger partial charge >= 0.3 is 0 Å². The highest BCUT2D eigenvalue weighted by atomic mass is 16.5. The van der Waals surface area contributed by atoms with Crippen LogP contribution in [0.4, 0.5) is 0 Å². The molecule has 3 aromatic rings. The molecule has 1 aliphatic rings. The number of aryl methyl sites for hydroxylation is 3. The van der Waals surface area contributed by atoms with Crippen LogP contribution in [0.2, 0.25) is 0 Å². The molecule has 1 saturated heterocycles. The Balaban J connectivity index is 1.31. The van der Waals surface area contributed by atoms with Crippen molar-refractivity contribution in [1.82, 2.24) is 20.3 Å². The third kappa shape index (κ3) is 3.76. The number of ether oxygens (including phenoxy) is 1. The molecule has 0 bridgehead atoms. The van der Waals surface area contributed by atoms with E-state index in [0.717, 1.165) is 30.8 Å². The Morgan fingerprint density at radius 3 is 2.52 bits per heavy atom. The Kier molecular flexibility index (Phi) is 4.56. The molecule has 0 saturated carbocycles. The van der Waals surface area contributed by atoms with Gasteiger partial charge in [-0.15, -0.1) is 0 Å². The third-order valence-corrected chi connectivity index (χ3v) is 4.34. The van der Waals surface area contributed by atoms with E-state index in [9.17, 15) is 0 Å². The fraction of sp³-hybridized carbons (Fsp3) is 0.444. The average Bonchev–Trinajstić information content (AvgIpc) is 3.37. The highest BCUT2D eigenvalue weighted by molar-refractivity contribution is 5.54. The molecular formula is C18H20N4O3. The Bertz CT molecular complexity index is 819. The molecule has 1 aromatic carbocycles. The fourth-order valence-corrected chi connectivity index (χ4v) is 2.84. The molecule has 7 heteroatoms. The summed E-state index contributed by atoms with van der Waals surface area (Å²) in [5.41, 5.74) is 2.16. The molecule has 0 amide bonds. The molecule has 25 heavy (non-hydrogen) atoms. The van der Waals surface area contributed by atoms with Gasteiger partial charge in [0.15, 0.2) is 5.82 Å². The summed E-state index contributed by atoms with van der Waals surface area (Å²) in [5.74, 6) is 2.92. The van der Waals surface area contributed by atoms with Crippen LogP contribution >= 0.6 is 0 Å². The van der Waals surface area contributed by atoms with E-state index in [4.69, 9.17) is 13.8 Å². The molecule has 0 N–H and O–H groups in total. The molecule has 2 aromatic heterocycles. The molecule has 1 aliphatic heterocycles. The SMILES string of the molecule is Cc1ccc(-c2noc(CCCc3nc([C@@H]4CCOC4)no3)n2)cc1. The van der Waals surface area contributed by atoms with E-state index in [0.29, 0.717) is 37.1 Å². The standard InChI is InChI=1S/C18H20N4O3/c1-12-5-7-13(8-6-12)17-19-15(24-21-17)3-2-4-16-20-18(22-25-16)14-9-10-23-11-14/h5-8,14H,2-4,9-11H2,1H3/t14-/m1/s1. The monoisotopic (exact) mass is 340 g/mol. The molecule has 4 rings (SSSR count). The zero-order valence-corrected chi connectivity index (χ0v) is 14.1. The molecule has 1 fully saturated rings. The first-order valence-electron chi connectivity index (χ1n) is 8.58. The minimum Gasteiger partial charge on any atom is -0.381 e. The Hall–Kier alpha value is -2.54. The topological polar surface area (TPSA) is 87.1 Å². The number of nitrogens with zero attached hydrogens (tertiary/aromatic N) is 4. The maximum Gasteiger partial charge on any atom is 0.226 e. The van der Waals surface area contributed by atoms with Crippen molar-refractivity contribution in [2.75, 3.05) is 13.2 Å². The second kappa shape index (κ2) is 7.14. The van der Waals surface area contributed by atoms with Crippen molar-refractivity contribution >= 4 is 0 Å². The lowest BCUT2D eigenvalue weighted by Gasteiger charge is -1.97. The summed E-state index contributed by atoms with van der Waals surface area (Å²) >= 11 is 0. The van der Waals surface area contributed by atoms with Gasteiger partial charge in [-0.3, -0.25) is 0 Å². The number of rotatable bonds is 6. The Labute approximate surface area is 145 Å². The summed E-state index contributed by atoms with van der Waals surface area (Å²) in [7, 11) is 0. The van der Waals surface area contributed by atoms with Crippen molar-refractivity contribution in [3.05, 3.63) is 47.4 Å². The summed E-state index contributed by atoms with van der Waals surface area (Å²) in [6, 6.07) is 8.06. The largest absolute Gasteiger partial charge is 0.381 e. The lowest BCUT2D eigenvalue weighted by atomic mass is 10.1. The van der Waals surface area contributed by atoms with Crippen LogP contribution in [0.5, 0.6) is 0 Å². The van der Waals surface area contributed by atoms with E-state index in [1.807, 2.05) is 31.2 Å². The number of benzene rings is 1. The van der Waals surface area contributed by atoms with Crippen LogP contribution in [0, 0.1) is 6.92 Å². The lowest BCUT2D eigenvalue weighted by molar-refractivity contribution is 0.192. The van der Waals surface area contributed by atoms with Crippen molar-refractivity contribution in [3.63, 3.8) is 0 Å². The minimum atomic E-state index is 0.269. The number of hydrogen-bond donors (Lipinski definition) is 0.